The van der Waals surface area contributed by atoms with Crippen LogP contribution in [-0.2, 0) is 9.59 Å². The Morgan fingerprint density at radius 2 is 2.00 bits per heavy atom. The van der Waals surface area contributed by atoms with E-state index in [1.54, 1.807) is 0 Å². The minimum Gasteiger partial charge on any atom is -0.480 e. The average Bonchev–Trinajstić information content (AvgIpc) is 2.67. The van der Waals surface area contributed by atoms with Gasteiger partial charge >= 0.3 is 5.97 Å². The summed E-state index contributed by atoms with van der Waals surface area (Å²) in [5.74, 6) is -0.388. The predicted octanol–water partition coefficient (Wildman–Crippen LogP) is 1.23. The summed E-state index contributed by atoms with van der Waals surface area (Å²) >= 11 is 0. The van der Waals surface area contributed by atoms with Crippen LogP contribution in [0.3, 0.4) is 0 Å². The van der Waals surface area contributed by atoms with Gasteiger partial charge in [0.05, 0.1) is 6.54 Å². The molecule has 5 nitrogen and oxygen atoms in total. The summed E-state index contributed by atoms with van der Waals surface area (Å²) in [6.07, 6.45) is 5.18. The lowest BCUT2D eigenvalue weighted by Gasteiger charge is -2.32. The standard InChI is InChI=1S/C14H24N2O3/c1-9(2)15-13(17)8-16-11-6-4-3-5-10(11)7-12(16)14(18)19/h9-12H,3-8H2,1-2H3,(H,15,17)(H,18,19)/t10-,11-,12-/m0/s1. The van der Waals surface area contributed by atoms with Gasteiger partial charge in [0, 0.05) is 12.1 Å². The van der Waals surface area contributed by atoms with Crippen molar-refractivity contribution < 1.29 is 14.7 Å². The largest absolute Gasteiger partial charge is 0.480 e. The van der Waals surface area contributed by atoms with Crippen LogP contribution in [0.4, 0.5) is 0 Å². The van der Waals surface area contributed by atoms with Gasteiger partial charge in [-0.05, 0) is 39.0 Å². The smallest absolute Gasteiger partial charge is 0.320 e. The van der Waals surface area contributed by atoms with Crippen molar-refractivity contribution >= 4 is 11.9 Å². The molecule has 0 bridgehead atoms. The number of aliphatic carboxylic acids is 1. The van der Waals surface area contributed by atoms with E-state index in [0.717, 1.165) is 19.3 Å². The Morgan fingerprint density at radius 1 is 1.32 bits per heavy atom. The van der Waals surface area contributed by atoms with Crippen molar-refractivity contribution in [2.45, 2.75) is 64.1 Å². The third-order valence-electron chi connectivity index (χ3n) is 4.28. The van der Waals surface area contributed by atoms with Gasteiger partial charge in [-0.3, -0.25) is 14.5 Å². The van der Waals surface area contributed by atoms with E-state index < -0.39 is 12.0 Å². The van der Waals surface area contributed by atoms with E-state index in [4.69, 9.17) is 0 Å². The van der Waals surface area contributed by atoms with Crippen LogP contribution in [0.15, 0.2) is 0 Å². The van der Waals surface area contributed by atoms with Crippen LogP contribution in [-0.4, -0.2) is 46.6 Å². The molecule has 1 saturated heterocycles. The number of hydrogen-bond donors (Lipinski definition) is 2. The lowest BCUT2D eigenvalue weighted by atomic mass is 9.85. The summed E-state index contributed by atoms with van der Waals surface area (Å²) in [4.78, 5) is 25.2. The highest BCUT2D eigenvalue weighted by molar-refractivity contribution is 5.80. The van der Waals surface area contributed by atoms with Gasteiger partial charge in [-0.25, -0.2) is 0 Å². The van der Waals surface area contributed by atoms with E-state index >= 15 is 0 Å². The quantitative estimate of drug-likeness (QED) is 0.804. The molecule has 0 aromatic carbocycles. The Bertz CT molecular complexity index is 357. The van der Waals surface area contributed by atoms with Crippen molar-refractivity contribution in [3.8, 4) is 0 Å². The Labute approximate surface area is 114 Å². The number of nitrogens with one attached hydrogen (secondary N) is 1. The molecule has 0 aromatic heterocycles. The zero-order valence-corrected chi connectivity index (χ0v) is 11.8. The zero-order chi connectivity index (χ0) is 14.0. The van der Waals surface area contributed by atoms with Crippen molar-refractivity contribution in [2.75, 3.05) is 6.54 Å². The number of carboxylic acid groups (broad SMARTS) is 1. The molecule has 1 aliphatic heterocycles. The summed E-state index contributed by atoms with van der Waals surface area (Å²) in [7, 11) is 0. The normalized spacial score (nSPS) is 31.2. The molecule has 0 aromatic rings. The predicted molar refractivity (Wildman–Crippen MR) is 71.8 cm³/mol. The molecule has 1 heterocycles. The first-order chi connectivity index (χ1) is 8.99. The van der Waals surface area contributed by atoms with Gasteiger partial charge < -0.3 is 10.4 Å². The molecule has 1 aliphatic carbocycles. The molecule has 2 N–H and O–H groups in total. The molecular weight excluding hydrogens is 244 g/mol. The maximum Gasteiger partial charge on any atom is 0.320 e. The summed E-state index contributed by atoms with van der Waals surface area (Å²) in [6.45, 7) is 4.05. The molecule has 0 spiro atoms. The molecule has 3 atom stereocenters. The van der Waals surface area contributed by atoms with Crippen LogP contribution in [0, 0.1) is 5.92 Å². The van der Waals surface area contributed by atoms with Crippen molar-refractivity contribution in [3.05, 3.63) is 0 Å². The first-order valence-corrected chi connectivity index (χ1v) is 7.27. The van der Waals surface area contributed by atoms with Gasteiger partial charge in [-0.2, -0.15) is 0 Å². The molecule has 1 saturated carbocycles. The number of fused-ring (bicyclic) bond motifs is 1. The van der Waals surface area contributed by atoms with Gasteiger partial charge in [0.1, 0.15) is 6.04 Å². The highest BCUT2D eigenvalue weighted by atomic mass is 16.4. The lowest BCUT2D eigenvalue weighted by molar-refractivity contribution is -0.143. The average molecular weight is 268 g/mol. The fourth-order valence-electron chi connectivity index (χ4n) is 3.56. The third-order valence-corrected chi connectivity index (χ3v) is 4.28. The zero-order valence-electron chi connectivity index (χ0n) is 11.8. The number of carboxylic acids is 1. The minimum atomic E-state index is -0.785. The van der Waals surface area contributed by atoms with Crippen LogP contribution >= 0.6 is 0 Å². The van der Waals surface area contributed by atoms with Crippen LogP contribution in [0.2, 0.25) is 0 Å². The fourth-order valence-corrected chi connectivity index (χ4v) is 3.56. The van der Waals surface area contributed by atoms with E-state index in [-0.39, 0.29) is 24.5 Å². The van der Waals surface area contributed by atoms with E-state index in [1.165, 1.54) is 6.42 Å². The molecule has 2 fully saturated rings. The lowest BCUT2D eigenvalue weighted by Crippen LogP contribution is -2.48. The maximum absolute atomic E-state index is 11.9. The fraction of sp³-hybridized carbons (Fsp3) is 0.857. The second kappa shape index (κ2) is 5.90. The third kappa shape index (κ3) is 3.26. The second-order valence-electron chi connectivity index (χ2n) is 6.10. The monoisotopic (exact) mass is 268 g/mol. The van der Waals surface area contributed by atoms with Gasteiger partial charge in [-0.15, -0.1) is 0 Å². The molecule has 19 heavy (non-hydrogen) atoms. The highest BCUT2D eigenvalue weighted by Gasteiger charge is 2.45. The summed E-state index contributed by atoms with van der Waals surface area (Å²) in [5.41, 5.74) is 0. The van der Waals surface area contributed by atoms with Crippen LogP contribution in [0.5, 0.6) is 0 Å². The van der Waals surface area contributed by atoms with Gasteiger partial charge in [0.25, 0.3) is 0 Å². The Morgan fingerprint density at radius 3 is 2.63 bits per heavy atom. The molecule has 2 aliphatic rings. The molecule has 108 valence electrons. The minimum absolute atomic E-state index is 0.0625. The summed E-state index contributed by atoms with van der Waals surface area (Å²) < 4.78 is 0. The van der Waals surface area contributed by atoms with Crippen molar-refractivity contribution in [1.82, 2.24) is 10.2 Å². The molecule has 2 rings (SSSR count). The van der Waals surface area contributed by atoms with Crippen LogP contribution < -0.4 is 5.32 Å². The number of likely N-dealkylation sites (tertiary alicyclic amines) is 1. The first-order valence-electron chi connectivity index (χ1n) is 7.27. The van der Waals surface area contributed by atoms with Crippen LogP contribution in [0.1, 0.15) is 46.0 Å². The van der Waals surface area contributed by atoms with Crippen molar-refractivity contribution in [2.24, 2.45) is 5.92 Å². The molecular formula is C14H24N2O3. The first kappa shape index (κ1) is 14.3. The molecule has 0 radical (unpaired) electrons. The van der Waals surface area contributed by atoms with Gasteiger partial charge in [-0.1, -0.05) is 12.8 Å². The van der Waals surface area contributed by atoms with Gasteiger partial charge in [0.15, 0.2) is 0 Å². The number of carbonyl (C=O) groups excluding carboxylic acids is 1. The summed E-state index contributed by atoms with van der Waals surface area (Å²) in [5, 5.41) is 12.2. The highest BCUT2D eigenvalue weighted by Crippen LogP contribution is 2.39. The Hall–Kier alpha value is -1.10. The summed E-state index contributed by atoms with van der Waals surface area (Å²) in [6, 6.07) is -0.0979. The van der Waals surface area contributed by atoms with E-state index in [0.29, 0.717) is 12.3 Å². The number of amides is 1. The SMILES string of the molecule is CC(C)NC(=O)CN1[C@H](C(=O)O)C[C@@H]2CCCC[C@@H]21. The number of rotatable bonds is 4. The van der Waals surface area contributed by atoms with Gasteiger partial charge in [0.2, 0.25) is 5.91 Å². The number of carbonyl (C=O) groups is 2. The molecule has 0 unspecified atom stereocenters. The van der Waals surface area contributed by atoms with Crippen molar-refractivity contribution in [3.63, 3.8) is 0 Å². The van der Waals surface area contributed by atoms with E-state index in [2.05, 4.69) is 5.32 Å². The Kier molecular flexibility index (Phi) is 4.45. The Balaban J connectivity index is 2.05. The second-order valence-corrected chi connectivity index (χ2v) is 6.10. The maximum atomic E-state index is 11.9. The number of nitrogens with zero attached hydrogens (tertiary/aromatic N) is 1. The van der Waals surface area contributed by atoms with E-state index in [1.807, 2.05) is 18.7 Å². The number of hydrogen-bond acceptors (Lipinski definition) is 3. The topological polar surface area (TPSA) is 69.6 Å². The van der Waals surface area contributed by atoms with Crippen molar-refractivity contribution in [1.29, 1.82) is 0 Å². The van der Waals surface area contributed by atoms with E-state index in [9.17, 15) is 14.7 Å². The molecule has 5 heteroatoms. The molecule has 1 amide bonds. The van der Waals surface area contributed by atoms with Crippen LogP contribution in [0.25, 0.3) is 0 Å².